The number of hydrogen-bond acceptors (Lipinski definition) is 5. The van der Waals surface area contributed by atoms with Crippen LogP contribution < -0.4 is 10.0 Å². The SMILES string of the molecule is [C-]#[N+]CC(=O)Nc1cc(S(=O)(=O)Nc2ccc(S(=O)(=O)CCCCCCCCCCCC)cc2)ccc1Cl. The maximum Gasteiger partial charge on any atom is 0.304 e. The summed E-state index contributed by atoms with van der Waals surface area (Å²) in [6.07, 6.45) is 11.2. The molecule has 1 amide bonds. The third kappa shape index (κ3) is 10.6. The van der Waals surface area contributed by atoms with Gasteiger partial charge in [0.1, 0.15) is 0 Å². The summed E-state index contributed by atoms with van der Waals surface area (Å²) in [5.41, 5.74) is 0.257. The van der Waals surface area contributed by atoms with E-state index in [2.05, 4.69) is 21.8 Å². The molecule has 0 unspecified atom stereocenters. The van der Waals surface area contributed by atoms with Crippen LogP contribution in [0.5, 0.6) is 0 Å². The predicted octanol–water partition coefficient (Wildman–Crippen LogP) is 6.69. The van der Waals surface area contributed by atoms with E-state index in [9.17, 15) is 21.6 Å². The van der Waals surface area contributed by atoms with Crippen molar-refractivity contribution in [2.45, 2.75) is 80.9 Å². The first-order valence-corrected chi connectivity index (χ1v) is 16.4. The molecule has 0 radical (unpaired) electrons. The molecule has 2 rings (SSSR count). The lowest BCUT2D eigenvalue weighted by molar-refractivity contribution is -0.114. The second-order valence-corrected chi connectivity index (χ2v) is 13.3. The minimum Gasteiger partial charge on any atom is -0.318 e. The Morgan fingerprint density at radius 1 is 0.842 bits per heavy atom. The van der Waals surface area contributed by atoms with E-state index >= 15 is 0 Å². The Morgan fingerprint density at radius 3 is 1.97 bits per heavy atom. The van der Waals surface area contributed by atoms with Crippen molar-refractivity contribution < 1.29 is 21.6 Å². The summed E-state index contributed by atoms with van der Waals surface area (Å²) in [7, 11) is -7.51. The number of carbonyl (C=O) groups is 1. The summed E-state index contributed by atoms with van der Waals surface area (Å²) in [6.45, 7) is 8.53. The van der Waals surface area contributed by atoms with Gasteiger partial charge in [0.05, 0.1) is 26.3 Å². The highest BCUT2D eigenvalue weighted by Gasteiger charge is 2.19. The number of benzene rings is 2. The average molecular weight is 582 g/mol. The molecule has 38 heavy (non-hydrogen) atoms. The summed E-state index contributed by atoms with van der Waals surface area (Å²) >= 11 is 6.04. The Morgan fingerprint density at radius 2 is 1.39 bits per heavy atom. The Balaban J connectivity index is 1.90. The van der Waals surface area contributed by atoms with Gasteiger partial charge in [0.25, 0.3) is 16.6 Å². The molecular formula is C27H36ClN3O5S2. The summed E-state index contributed by atoms with van der Waals surface area (Å²) in [5, 5.41) is 2.53. The lowest BCUT2D eigenvalue weighted by Crippen LogP contribution is -2.16. The van der Waals surface area contributed by atoms with Crippen molar-refractivity contribution >= 4 is 48.7 Å². The summed E-state index contributed by atoms with van der Waals surface area (Å²) in [5.74, 6) is -0.555. The summed E-state index contributed by atoms with van der Waals surface area (Å²) in [6, 6.07) is 9.38. The number of nitrogens with one attached hydrogen (secondary N) is 2. The van der Waals surface area contributed by atoms with Gasteiger partial charge in [-0.1, -0.05) is 76.3 Å². The summed E-state index contributed by atoms with van der Waals surface area (Å²) < 4.78 is 53.5. The third-order valence-corrected chi connectivity index (χ3v) is 9.50. The van der Waals surface area contributed by atoms with Gasteiger partial charge in [-0.15, -0.1) is 0 Å². The first-order valence-electron chi connectivity index (χ1n) is 12.9. The number of unbranched alkanes of at least 4 members (excludes halogenated alkanes) is 9. The van der Waals surface area contributed by atoms with Crippen LogP contribution in [-0.4, -0.2) is 35.0 Å². The fourth-order valence-corrected chi connectivity index (χ4v) is 6.49. The minimum atomic E-state index is -4.05. The molecule has 2 aromatic carbocycles. The normalized spacial score (nSPS) is 11.6. The van der Waals surface area contributed by atoms with Crippen LogP contribution in [0.3, 0.4) is 0 Å². The van der Waals surface area contributed by atoms with Gasteiger partial charge < -0.3 is 10.2 Å². The van der Waals surface area contributed by atoms with Crippen LogP contribution in [0.15, 0.2) is 52.3 Å². The molecule has 0 fully saturated rings. The largest absolute Gasteiger partial charge is 0.318 e. The van der Waals surface area contributed by atoms with Crippen molar-refractivity contribution in [1.82, 2.24) is 0 Å². The van der Waals surface area contributed by atoms with Crippen molar-refractivity contribution in [3.8, 4) is 0 Å². The second kappa shape index (κ2) is 15.7. The lowest BCUT2D eigenvalue weighted by atomic mass is 10.1. The number of hydrogen-bond donors (Lipinski definition) is 2. The zero-order valence-electron chi connectivity index (χ0n) is 21.7. The van der Waals surface area contributed by atoms with E-state index in [1.165, 1.54) is 81.0 Å². The molecule has 11 heteroatoms. The highest BCUT2D eigenvalue weighted by molar-refractivity contribution is 7.92. The number of sulfonamides is 1. The fraction of sp³-hybridized carbons (Fsp3) is 0.481. The van der Waals surface area contributed by atoms with E-state index in [1.807, 2.05) is 0 Å². The maximum atomic E-state index is 12.8. The van der Waals surface area contributed by atoms with Gasteiger partial charge in [-0.3, -0.25) is 9.52 Å². The quantitative estimate of drug-likeness (QED) is 0.159. The number of halogens is 1. The maximum absolute atomic E-state index is 12.8. The molecule has 0 saturated heterocycles. The van der Waals surface area contributed by atoms with Gasteiger partial charge in [-0.25, -0.2) is 23.4 Å². The van der Waals surface area contributed by atoms with Gasteiger partial charge in [0.15, 0.2) is 9.84 Å². The Bertz CT molecular complexity index is 1310. The van der Waals surface area contributed by atoms with Crippen molar-refractivity contribution in [3.05, 3.63) is 58.9 Å². The van der Waals surface area contributed by atoms with E-state index in [4.69, 9.17) is 18.2 Å². The molecule has 0 atom stereocenters. The molecule has 0 aliphatic rings. The molecule has 8 nitrogen and oxygen atoms in total. The zero-order valence-corrected chi connectivity index (χ0v) is 24.1. The standard InChI is InChI=1S/C27H36ClN3O5S2/c1-3-4-5-6-7-8-9-10-11-12-19-37(33,34)23-15-13-22(14-16-23)31-38(35,36)24-17-18-25(28)26(20-24)30-27(32)21-29-2/h13-18,20,31H,3-12,19,21H2,1H3,(H,30,32). The first-order chi connectivity index (χ1) is 18.1. The molecular weight excluding hydrogens is 546 g/mol. The van der Waals surface area contributed by atoms with E-state index in [0.717, 1.165) is 19.3 Å². The van der Waals surface area contributed by atoms with Crippen LogP contribution in [0.25, 0.3) is 4.85 Å². The van der Waals surface area contributed by atoms with E-state index in [1.54, 1.807) is 0 Å². The fourth-order valence-electron chi connectivity index (χ4n) is 3.87. The zero-order chi connectivity index (χ0) is 28.0. The molecule has 2 aromatic rings. The van der Waals surface area contributed by atoms with Crippen molar-refractivity contribution in [1.29, 1.82) is 0 Å². The molecule has 0 aliphatic heterocycles. The van der Waals surface area contributed by atoms with E-state index in [-0.39, 0.29) is 31.9 Å². The first kappa shape index (κ1) is 31.6. The number of sulfone groups is 1. The molecule has 0 bridgehead atoms. The molecule has 0 aliphatic carbocycles. The third-order valence-electron chi connectivity index (χ3n) is 5.98. The van der Waals surface area contributed by atoms with E-state index in [0.29, 0.717) is 6.42 Å². The molecule has 0 saturated carbocycles. The monoisotopic (exact) mass is 581 g/mol. The predicted molar refractivity (Wildman–Crippen MR) is 153 cm³/mol. The second-order valence-electron chi connectivity index (χ2n) is 9.14. The number of rotatable bonds is 17. The van der Waals surface area contributed by atoms with Gasteiger partial charge in [0, 0.05) is 5.69 Å². The average Bonchev–Trinajstić information content (AvgIpc) is 2.86. The Hall–Kier alpha value is -2.61. The van der Waals surface area contributed by atoms with Gasteiger partial charge in [0.2, 0.25) is 0 Å². The van der Waals surface area contributed by atoms with Gasteiger partial charge >= 0.3 is 5.91 Å². The molecule has 2 N–H and O–H groups in total. The topological polar surface area (TPSA) is 114 Å². The summed E-state index contributed by atoms with van der Waals surface area (Å²) in [4.78, 5) is 14.7. The minimum absolute atomic E-state index is 0.0569. The number of amides is 1. The van der Waals surface area contributed by atoms with Crippen LogP contribution in [0.2, 0.25) is 5.02 Å². The highest BCUT2D eigenvalue weighted by Crippen LogP contribution is 2.27. The highest BCUT2D eigenvalue weighted by atomic mass is 35.5. The molecule has 0 spiro atoms. The van der Waals surface area contributed by atoms with Crippen LogP contribution >= 0.6 is 11.6 Å². The van der Waals surface area contributed by atoms with Crippen LogP contribution in [-0.2, 0) is 24.7 Å². The Labute approximate surface area is 232 Å². The van der Waals surface area contributed by atoms with Gasteiger partial charge in [-0.2, -0.15) is 0 Å². The van der Waals surface area contributed by atoms with E-state index < -0.39 is 32.3 Å². The molecule has 208 valence electrons. The molecule has 0 aromatic heterocycles. The van der Waals surface area contributed by atoms with Crippen molar-refractivity contribution in [2.24, 2.45) is 0 Å². The van der Waals surface area contributed by atoms with Crippen LogP contribution in [0.4, 0.5) is 11.4 Å². The van der Waals surface area contributed by atoms with Crippen LogP contribution in [0.1, 0.15) is 71.1 Å². The van der Waals surface area contributed by atoms with Crippen molar-refractivity contribution in [2.75, 3.05) is 22.3 Å². The number of anilines is 2. The smallest absolute Gasteiger partial charge is 0.304 e. The lowest BCUT2D eigenvalue weighted by Gasteiger charge is -2.11. The number of carbonyl (C=O) groups excluding carboxylic acids is 1. The number of nitrogens with zero attached hydrogens (tertiary/aromatic N) is 1. The van der Waals surface area contributed by atoms with Gasteiger partial charge in [-0.05, 0) is 48.9 Å². The van der Waals surface area contributed by atoms with Crippen LogP contribution in [0, 0.1) is 6.57 Å². The molecule has 0 heterocycles. The van der Waals surface area contributed by atoms with Crippen molar-refractivity contribution in [3.63, 3.8) is 0 Å². The Kier molecular flexibility index (Phi) is 13.1.